The van der Waals surface area contributed by atoms with E-state index in [1.807, 2.05) is 19.2 Å². The molecule has 2 aromatic rings. The van der Waals surface area contributed by atoms with Gasteiger partial charge in [0.15, 0.2) is 0 Å². The second-order valence-corrected chi connectivity index (χ2v) is 5.66. The van der Waals surface area contributed by atoms with Gasteiger partial charge in [-0.1, -0.05) is 36.4 Å². The van der Waals surface area contributed by atoms with Crippen LogP contribution < -0.4 is 5.32 Å². The van der Waals surface area contributed by atoms with Crippen molar-refractivity contribution in [3.8, 4) is 0 Å². The van der Waals surface area contributed by atoms with E-state index in [-0.39, 0.29) is 11.9 Å². The summed E-state index contributed by atoms with van der Waals surface area (Å²) in [7, 11) is 1.97. The highest BCUT2D eigenvalue weighted by Crippen LogP contribution is 2.24. The summed E-state index contributed by atoms with van der Waals surface area (Å²) in [5.74, 6) is -0.177. The normalized spacial score (nSPS) is 15.9. The molecule has 2 nitrogen and oxygen atoms in total. The van der Waals surface area contributed by atoms with Crippen molar-refractivity contribution in [2.45, 2.75) is 25.6 Å². The Morgan fingerprint density at radius 3 is 2.24 bits per heavy atom. The zero-order chi connectivity index (χ0) is 14.7. The van der Waals surface area contributed by atoms with E-state index in [2.05, 4.69) is 34.5 Å². The monoisotopic (exact) mass is 284 g/mol. The standard InChI is InChI=1S/C18H21FN2/c1-20-18(14-6-8-17(19)9-7-14)10-11-21-12-15-4-2-3-5-16(15)13-21/h2-9,18,20H,10-13H2,1H3. The van der Waals surface area contributed by atoms with Gasteiger partial charge in [-0.15, -0.1) is 0 Å². The Kier molecular flexibility index (Phi) is 4.32. The smallest absolute Gasteiger partial charge is 0.123 e. The number of rotatable bonds is 5. The van der Waals surface area contributed by atoms with Gasteiger partial charge >= 0.3 is 0 Å². The lowest BCUT2D eigenvalue weighted by Crippen LogP contribution is -2.24. The maximum atomic E-state index is 13.0. The highest BCUT2D eigenvalue weighted by atomic mass is 19.1. The van der Waals surface area contributed by atoms with Gasteiger partial charge in [-0.3, -0.25) is 4.90 Å². The lowest BCUT2D eigenvalue weighted by Gasteiger charge is -2.21. The van der Waals surface area contributed by atoms with Crippen LogP contribution in [0, 0.1) is 5.82 Å². The summed E-state index contributed by atoms with van der Waals surface area (Å²) in [6.45, 7) is 3.11. The Morgan fingerprint density at radius 2 is 1.67 bits per heavy atom. The van der Waals surface area contributed by atoms with Crippen LogP contribution in [0.3, 0.4) is 0 Å². The van der Waals surface area contributed by atoms with E-state index in [9.17, 15) is 4.39 Å². The van der Waals surface area contributed by atoms with Crippen molar-refractivity contribution in [1.29, 1.82) is 0 Å². The number of nitrogens with one attached hydrogen (secondary N) is 1. The van der Waals surface area contributed by atoms with Crippen LogP contribution in [0.1, 0.15) is 29.2 Å². The zero-order valence-electron chi connectivity index (χ0n) is 12.3. The van der Waals surface area contributed by atoms with Crippen molar-refractivity contribution in [1.82, 2.24) is 10.2 Å². The van der Waals surface area contributed by atoms with E-state index in [0.29, 0.717) is 0 Å². The minimum absolute atomic E-state index is 0.177. The van der Waals surface area contributed by atoms with Crippen LogP contribution in [0.4, 0.5) is 4.39 Å². The first kappa shape index (κ1) is 14.2. The van der Waals surface area contributed by atoms with Crippen molar-refractivity contribution in [3.05, 3.63) is 71.0 Å². The zero-order valence-corrected chi connectivity index (χ0v) is 12.3. The number of halogens is 1. The topological polar surface area (TPSA) is 15.3 Å². The molecule has 0 spiro atoms. The van der Waals surface area contributed by atoms with Gasteiger partial charge in [-0.25, -0.2) is 4.39 Å². The van der Waals surface area contributed by atoms with Crippen LogP contribution in [-0.4, -0.2) is 18.5 Å². The molecule has 0 radical (unpaired) electrons. The lowest BCUT2D eigenvalue weighted by molar-refractivity contribution is 0.266. The summed E-state index contributed by atoms with van der Waals surface area (Å²) < 4.78 is 13.0. The summed E-state index contributed by atoms with van der Waals surface area (Å²) in [4.78, 5) is 2.47. The molecule has 2 aromatic carbocycles. The van der Waals surface area contributed by atoms with Crippen LogP contribution in [0.2, 0.25) is 0 Å². The van der Waals surface area contributed by atoms with E-state index in [1.165, 1.54) is 23.3 Å². The molecule has 21 heavy (non-hydrogen) atoms. The molecule has 1 aliphatic rings. The fourth-order valence-corrected chi connectivity index (χ4v) is 3.05. The molecule has 1 heterocycles. The average Bonchev–Trinajstić information content (AvgIpc) is 2.92. The molecule has 0 saturated heterocycles. The minimum atomic E-state index is -0.177. The quantitative estimate of drug-likeness (QED) is 0.904. The summed E-state index contributed by atoms with van der Waals surface area (Å²) in [6.07, 6.45) is 1.02. The molecule has 0 amide bonds. The van der Waals surface area contributed by atoms with Crippen molar-refractivity contribution in [2.75, 3.05) is 13.6 Å². The predicted octanol–water partition coefficient (Wildman–Crippen LogP) is 3.49. The maximum Gasteiger partial charge on any atom is 0.123 e. The minimum Gasteiger partial charge on any atom is -0.313 e. The summed E-state index contributed by atoms with van der Waals surface area (Å²) in [5, 5.41) is 3.33. The van der Waals surface area contributed by atoms with Crippen LogP contribution in [-0.2, 0) is 13.1 Å². The molecule has 1 atom stereocenters. The first-order chi connectivity index (χ1) is 10.3. The lowest BCUT2D eigenvalue weighted by atomic mass is 10.0. The van der Waals surface area contributed by atoms with Crippen molar-refractivity contribution in [2.24, 2.45) is 0 Å². The van der Waals surface area contributed by atoms with E-state index in [4.69, 9.17) is 0 Å². The van der Waals surface area contributed by atoms with Gasteiger partial charge in [-0.05, 0) is 42.3 Å². The number of benzene rings is 2. The molecular formula is C18H21FN2. The number of nitrogens with zero attached hydrogens (tertiary/aromatic N) is 1. The largest absolute Gasteiger partial charge is 0.313 e. The molecule has 0 aliphatic carbocycles. The van der Waals surface area contributed by atoms with Gasteiger partial charge in [0.25, 0.3) is 0 Å². The molecular weight excluding hydrogens is 263 g/mol. The van der Waals surface area contributed by atoms with Crippen molar-refractivity contribution < 1.29 is 4.39 Å². The Hall–Kier alpha value is -1.71. The highest BCUT2D eigenvalue weighted by molar-refractivity contribution is 5.30. The third-order valence-electron chi connectivity index (χ3n) is 4.26. The Bertz CT molecular complexity index is 569. The van der Waals surface area contributed by atoms with E-state index in [1.54, 1.807) is 0 Å². The Balaban J connectivity index is 1.58. The van der Waals surface area contributed by atoms with Gasteiger partial charge in [0.1, 0.15) is 5.82 Å². The second kappa shape index (κ2) is 6.37. The molecule has 1 N–H and O–H groups in total. The molecule has 0 saturated carbocycles. The van der Waals surface area contributed by atoms with Gasteiger partial charge in [-0.2, -0.15) is 0 Å². The molecule has 0 bridgehead atoms. The summed E-state index contributed by atoms with van der Waals surface area (Å²) in [5.41, 5.74) is 4.04. The maximum absolute atomic E-state index is 13.0. The predicted molar refractivity (Wildman–Crippen MR) is 83.4 cm³/mol. The van der Waals surface area contributed by atoms with Crippen LogP contribution in [0.15, 0.2) is 48.5 Å². The second-order valence-electron chi connectivity index (χ2n) is 5.66. The SMILES string of the molecule is CNC(CCN1Cc2ccccc2C1)c1ccc(F)cc1. The summed E-state index contributed by atoms with van der Waals surface area (Å²) >= 11 is 0. The number of hydrogen-bond donors (Lipinski definition) is 1. The average molecular weight is 284 g/mol. The third kappa shape index (κ3) is 3.31. The Labute approximate surface area is 125 Å². The summed E-state index contributed by atoms with van der Waals surface area (Å²) in [6, 6.07) is 15.7. The van der Waals surface area contributed by atoms with Crippen LogP contribution in [0.25, 0.3) is 0 Å². The van der Waals surface area contributed by atoms with Gasteiger partial charge < -0.3 is 5.32 Å². The van der Waals surface area contributed by atoms with Crippen LogP contribution >= 0.6 is 0 Å². The van der Waals surface area contributed by atoms with Crippen molar-refractivity contribution >= 4 is 0 Å². The van der Waals surface area contributed by atoms with Gasteiger partial charge in [0.2, 0.25) is 0 Å². The molecule has 0 aromatic heterocycles. The molecule has 0 fully saturated rings. The van der Waals surface area contributed by atoms with E-state index in [0.717, 1.165) is 31.6 Å². The first-order valence-electron chi connectivity index (χ1n) is 7.48. The van der Waals surface area contributed by atoms with Gasteiger partial charge in [0, 0.05) is 25.7 Å². The molecule has 1 aliphatic heterocycles. The van der Waals surface area contributed by atoms with Gasteiger partial charge in [0.05, 0.1) is 0 Å². The first-order valence-corrected chi connectivity index (χ1v) is 7.48. The van der Waals surface area contributed by atoms with E-state index >= 15 is 0 Å². The number of hydrogen-bond acceptors (Lipinski definition) is 2. The Morgan fingerprint density at radius 1 is 1.05 bits per heavy atom. The van der Waals surface area contributed by atoms with Crippen LogP contribution in [0.5, 0.6) is 0 Å². The molecule has 1 unspecified atom stereocenters. The van der Waals surface area contributed by atoms with E-state index < -0.39 is 0 Å². The fraction of sp³-hybridized carbons (Fsp3) is 0.333. The highest BCUT2D eigenvalue weighted by Gasteiger charge is 2.19. The molecule has 110 valence electrons. The fourth-order valence-electron chi connectivity index (χ4n) is 3.05. The number of fused-ring (bicyclic) bond motifs is 1. The molecule has 3 rings (SSSR count). The molecule has 3 heteroatoms. The third-order valence-corrected chi connectivity index (χ3v) is 4.26. The van der Waals surface area contributed by atoms with Crippen molar-refractivity contribution in [3.63, 3.8) is 0 Å².